The van der Waals surface area contributed by atoms with E-state index in [0.717, 1.165) is 24.1 Å². The number of hydrogen-bond acceptors (Lipinski definition) is 2. The van der Waals surface area contributed by atoms with Crippen LogP contribution in [0, 0.1) is 5.92 Å². The van der Waals surface area contributed by atoms with Gasteiger partial charge < -0.3 is 0 Å². The summed E-state index contributed by atoms with van der Waals surface area (Å²) in [6.07, 6.45) is 5.65. The summed E-state index contributed by atoms with van der Waals surface area (Å²) in [7, 11) is 0. The fourth-order valence-corrected chi connectivity index (χ4v) is 5.10. The number of benzene rings is 3. The molecular formula is C28H28N2O. The molecule has 3 heteroatoms. The van der Waals surface area contributed by atoms with E-state index in [1.165, 1.54) is 41.5 Å². The second-order valence-electron chi connectivity index (χ2n) is 8.82. The van der Waals surface area contributed by atoms with Gasteiger partial charge in [-0.2, -0.15) is 5.10 Å². The Bertz CT molecular complexity index is 1080. The van der Waals surface area contributed by atoms with Crippen LogP contribution in [0.15, 0.2) is 84.0 Å². The largest absolute Gasteiger partial charge is 0.273 e. The lowest BCUT2D eigenvalue weighted by Gasteiger charge is -2.18. The van der Waals surface area contributed by atoms with E-state index in [0.29, 0.717) is 0 Å². The zero-order valence-corrected chi connectivity index (χ0v) is 18.0. The highest BCUT2D eigenvalue weighted by Crippen LogP contribution is 2.58. The number of amides is 1. The van der Waals surface area contributed by atoms with Gasteiger partial charge in [0.1, 0.15) is 0 Å². The highest BCUT2D eigenvalue weighted by atomic mass is 16.2. The van der Waals surface area contributed by atoms with Crippen molar-refractivity contribution in [1.29, 1.82) is 0 Å². The SMILES string of the molecule is C/C(=N\NC(=O)C1CC1(c1ccccc1)c1ccccc1)c1ccc2c(c1)CCCC2. The number of fused-ring (bicyclic) bond motifs is 1. The number of carbonyl (C=O) groups excluding carboxylic acids is 1. The number of nitrogens with one attached hydrogen (secondary N) is 1. The van der Waals surface area contributed by atoms with Crippen molar-refractivity contribution < 1.29 is 4.79 Å². The molecule has 3 nitrogen and oxygen atoms in total. The molecule has 1 N–H and O–H groups in total. The summed E-state index contributed by atoms with van der Waals surface area (Å²) in [5.74, 6) is -0.123. The van der Waals surface area contributed by atoms with Crippen LogP contribution in [0.25, 0.3) is 0 Å². The second-order valence-corrected chi connectivity index (χ2v) is 8.82. The van der Waals surface area contributed by atoms with Crippen molar-refractivity contribution in [3.8, 4) is 0 Å². The van der Waals surface area contributed by atoms with Gasteiger partial charge in [0.2, 0.25) is 5.91 Å². The molecular weight excluding hydrogens is 380 g/mol. The van der Waals surface area contributed by atoms with E-state index in [9.17, 15) is 4.79 Å². The molecule has 0 spiro atoms. The number of carbonyl (C=O) groups is 1. The zero-order valence-electron chi connectivity index (χ0n) is 18.0. The predicted octanol–water partition coefficient (Wildman–Crippen LogP) is 5.41. The highest BCUT2D eigenvalue weighted by molar-refractivity contribution is 5.99. The lowest BCUT2D eigenvalue weighted by molar-refractivity contribution is -0.122. The van der Waals surface area contributed by atoms with Gasteiger partial charge >= 0.3 is 0 Å². The van der Waals surface area contributed by atoms with E-state index in [4.69, 9.17) is 0 Å². The maximum atomic E-state index is 13.1. The van der Waals surface area contributed by atoms with Gasteiger partial charge in [-0.1, -0.05) is 72.8 Å². The molecule has 0 bridgehead atoms. The molecule has 2 aliphatic carbocycles. The van der Waals surface area contributed by atoms with Crippen molar-refractivity contribution in [2.45, 2.75) is 44.4 Å². The topological polar surface area (TPSA) is 41.5 Å². The standard InChI is InChI=1S/C28H28N2O/c1-20(22-17-16-21-10-8-9-11-23(21)18-22)29-30-27(31)26-19-28(26,24-12-4-2-5-13-24)25-14-6-3-7-15-25/h2-7,12-18,26H,8-11,19H2,1H3,(H,30,31)/b29-20+. The molecule has 0 aliphatic heterocycles. The van der Waals surface area contributed by atoms with Crippen molar-refractivity contribution in [3.05, 3.63) is 107 Å². The maximum absolute atomic E-state index is 13.1. The third-order valence-corrected chi connectivity index (χ3v) is 6.96. The summed E-state index contributed by atoms with van der Waals surface area (Å²) in [6, 6.07) is 27.3. The Morgan fingerprint density at radius 2 is 1.48 bits per heavy atom. The van der Waals surface area contributed by atoms with E-state index < -0.39 is 0 Å². The van der Waals surface area contributed by atoms with Gasteiger partial charge in [0.05, 0.1) is 11.6 Å². The molecule has 2 aliphatic rings. The summed E-state index contributed by atoms with van der Waals surface area (Å²) >= 11 is 0. The molecule has 0 aromatic heterocycles. The fraction of sp³-hybridized carbons (Fsp3) is 0.286. The molecule has 31 heavy (non-hydrogen) atoms. The highest BCUT2D eigenvalue weighted by Gasteiger charge is 2.60. The van der Waals surface area contributed by atoms with E-state index in [-0.39, 0.29) is 17.2 Å². The van der Waals surface area contributed by atoms with E-state index in [1.807, 2.05) is 43.3 Å². The summed E-state index contributed by atoms with van der Waals surface area (Å²) < 4.78 is 0. The average molecular weight is 409 g/mol. The van der Waals surface area contributed by atoms with Crippen LogP contribution in [0.3, 0.4) is 0 Å². The van der Waals surface area contributed by atoms with Crippen LogP contribution in [0.4, 0.5) is 0 Å². The molecule has 5 rings (SSSR count). The van der Waals surface area contributed by atoms with Gasteiger partial charge in [0.15, 0.2) is 0 Å². The normalized spacial score (nSPS) is 19.4. The molecule has 0 saturated heterocycles. The molecule has 1 unspecified atom stereocenters. The van der Waals surface area contributed by atoms with Gasteiger partial charge in [0, 0.05) is 5.41 Å². The maximum Gasteiger partial charge on any atom is 0.244 e. The third kappa shape index (κ3) is 3.69. The molecule has 1 fully saturated rings. The fourth-order valence-electron chi connectivity index (χ4n) is 5.10. The van der Waals surface area contributed by atoms with Crippen molar-refractivity contribution >= 4 is 11.6 Å². The summed E-state index contributed by atoms with van der Waals surface area (Å²) in [5, 5.41) is 4.47. The van der Waals surface area contributed by atoms with Gasteiger partial charge in [-0.15, -0.1) is 0 Å². The minimum absolute atomic E-state index is 0.00924. The molecule has 156 valence electrons. The molecule has 0 radical (unpaired) electrons. The van der Waals surface area contributed by atoms with Gasteiger partial charge in [-0.3, -0.25) is 4.79 Å². The minimum atomic E-state index is -0.262. The van der Waals surface area contributed by atoms with Crippen LogP contribution in [-0.4, -0.2) is 11.6 Å². The Kier molecular flexibility index (Phi) is 5.19. The second kappa shape index (κ2) is 8.14. The minimum Gasteiger partial charge on any atom is -0.273 e. The molecule has 0 heterocycles. The zero-order chi connectivity index (χ0) is 21.3. The first kappa shape index (κ1) is 19.7. The molecule has 1 atom stereocenters. The van der Waals surface area contributed by atoms with Crippen LogP contribution >= 0.6 is 0 Å². The van der Waals surface area contributed by atoms with Crippen molar-refractivity contribution in [2.24, 2.45) is 11.0 Å². The van der Waals surface area contributed by atoms with Crippen LogP contribution in [0.1, 0.15) is 54.0 Å². The van der Waals surface area contributed by atoms with Gasteiger partial charge in [0.25, 0.3) is 0 Å². The van der Waals surface area contributed by atoms with Crippen LogP contribution in [0.2, 0.25) is 0 Å². The van der Waals surface area contributed by atoms with Crippen LogP contribution in [0.5, 0.6) is 0 Å². The number of hydrazone groups is 1. The van der Waals surface area contributed by atoms with Gasteiger partial charge in [-0.25, -0.2) is 5.43 Å². The van der Waals surface area contributed by atoms with E-state index in [1.54, 1.807) is 0 Å². The molecule has 1 saturated carbocycles. The van der Waals surface area contributed by atoms with Crippen LogP contribution in [-0.2, 0) is 23.1 Å². The quantitative estimate of drug-likeness (QED) is 0.445. The Labute approximate surface area is 184 Å². The lowest BCUT2D eigenvalue weighted by Crippen LogP contribution is -2.26. The Hall–Kier alpha value is -3.20. The van der Waals surface area contributed by atoms with E-state index >= 15 is 0 Å². The Balaban J connectivity index is 1.36. The Morgan fingerprint density at radius 1 is 0.871 bits per heavy atom. The number of aryl methyl sites for hydroxylation is 2. The van der Waals surface area contributed by atoms with Crippen LogP contribution < -0.4 is 5.43 Å². The first-order valence-corrected chi connectivity index (χ1v) is 11.3. The monoisotopic (exact) mass is 408 g/mol. The summed E-state index contributed by atoms with van der Waals surface area (Å²) in [6.45, 7) is 1.97. The first-order chi connectivity index (χ1) is 15.2. The number of rotatable bonds is 5. The van der Waals surface area contributed by atoms with Crippen molar-refractivity contribution in [3.63, 3.8) is 0 Å². The third-order valence-electron chi connectivity index (χ3n) is 6.96. The van der Waals surface area contributed by atoms with Crippen molar-refractivity contribution in [2.75, 3.05) is 0 Å². The molecule has 1 amide bonds. The number of hydrogen-bond donors (Lipinski definition) is 1. The predicted molar refractivity (Wildman–Crippen MR) is 125 cm³/mol. The summed E-state index contributed by atoms with van der Waals surface area (Å²) in [4.78, 5) is 13.1. The molecule has 3 aromatic rings. The number of nitrogens with zero attached hydrogens (tertiary/aromatic N) is 1. The van der Waals surface area contributed by atoms with Crippen molar-refractivity contribution in [1.82, 2.24) is 5.43 Å². The average Bonchev–Trinajstić information content (AvgIpc) is 3.60. The first-order valence-electron chi connectivity index (χ1n) is 11.3. The van der Waals surface area contributed by atoms with Gasteiger partial charge in [-0.05, 0) is 72.9 Å². The summed E-state index contributed by atoms with van der Waals surface area (Å²) in [5.41, 5.74) is 9.82. The lowest BCUT2D eigenvalue weighted by atomic mass is 9.85. The Morgan fingerprint density at radius 3 is 2.13 bits per heavy atom. The smallest absolute Gasteiger partial charge is 0.244 e. The van der Waals surface area contributed by atoms with E-state index in [2.05, 4.69) is 53.0 Å². The molecule has 3 aromatic carbocycles.